The van der Waals surface area contributed by atoms with Gasteiger partial charge in [0.15, 0.2) is 0 Å². The molecule has 0 radical (unpaired) electrons. The quantitative estimate of drug-likeness (QED) is 0.823. The second-order valence-corrected chi connectivity index (χ2v) is 6.18. The minimum atomic E-state index is 0.432. The Hall–Kier alpha value is -1.25. The van der Waals surface area contributed by atoms with Gasteiger partial charge in [-0.25, -0.2) is 0 Å². The normalized spacial score (nSPS) is 31.2. The van der Waals surface area contributed by atoms with Gasteiger partial charge in [-0.15, -0.1) is 0 Å². The van der Waals surface area contributed by atoms with Crippen LogP contribution in [-0.2, 0) is 0 Å². The molecule has 1 heterocycles. The first-order chi connectivity index (χ1) is 8.63. The van der Waals surface area contributed by atoms with E-state index in [0.29, 0.717) is 12.1 Å². The summed E-state index contributed by atoms with van der Waals surface area (Å²) < 4.78 is 2.01. The van der Waals surface area contributed by atoms with Gasteiger partial charge in [0, 0.05) is 18.3 Å². The molecule has 3 nitrogen and oxygen atoms in total. The van der Waals surface area contributed by atoms with Crippen LogP contribution in [0.3, 0.4) is 0 Å². The van der Waals surface area contributed by atoms with Crippen LogP contribution in [0, 0.1) is 17.8 Å². The van der Waals surface area contributed by atoms with E-state index >= 15 is 0 Å². The number of fused-ring (bicyclic) bond motifs is 2. The average Bonchev–Trinajstić information content (AvgIpc) is 3.03. The number of anilines is 1. The SMILES string of the molecule is CC(Nc1cnn(C(C)C)c1)C1CC2C=CC1C2. The van der Waals surface area contributed by atoms with Gasteiger partial charge < -0.3 is 5.32 Å². The summed E-state index contributed by atoms with van der Waals surface area (Å²) >= 11 is 0. The van der Waals surface area contributed by atoms with E-state index in [0.717, 1.165) is 23.4 Å². The molecular formula is C15H23N3. The van der Waals surface area contributed by atoms with Crippen molar-refractivity contribution in [3.05, 3.63) is 24.5 Å². The first kappa shape index (κ1) is 11.8. The highest BCUT2D eigenvalue weighted by atomic mass is 15.3. The van der Waals surface area contributed by atoms with Crippen molar-refractivity contribution in [2.24, 2.45) is 17.8 Å². The third-order valence-electron chi connectivity index (χ3n) is 4.50. The summed E-state index contributed by atoms with van der Waals surface area (Å²) in [5, 5.41) is 8.01. The lowest BCUT2D eigenvalue weighted by Gasteiger charge is -2.26. The van der Waals surface area contributed by atoms with Crippen LogP contribution in [0.4, 0.5) is 5.69 Å². The molecule has 3 rings (SSSR count). The molecule has 4 atom stereocenters. The molecule has 2 bridgehead atoms. The molecule has 2 aliphatic carbocycles. The lowest BCUT2D eigenvalue weighted by molar-refractivity contribution is 0.400. The van der Waals surface area contributed by atoms with Gasteiger partial charge in [0.05, 0.1) is 11.9 Å². The molecule has 1 fully saturated rings. The van der Waals surface area contributed by atoms with Gasteiger partial charge in [-0.05, 0) is 51.4 Å². The molecular weight excluding hydrogens is 222 g/mol. The maximum absolute atomic E-state index is 4.38. The van der Waals surface area contributed by atoms with E-state index in [2.05, 4.69) is 49.5 Å². The van der Waals surface area contributed by atoms with Crippen LogP contribution in [0.5, 0.6) is 0 Å². The summed E-state index contributed by atoms with van der Waals surface area (Å²) in [7, 11) is 0. The third-order valence-corrected chi connectivity index (χ3v) is 4.50. The van der Waals surface area contributed by atoms with Crippen molar-refractivity contribution in [3.63, 3.8) is 0 Å². The lowest BCUT2D eigenvalue weighted by atomic mass is 9.87. The predicted octanol–water partition coefficient (Wildman–Crippen LogP) is 3.48. The minimum Gasteiger partial charge on any atom is -0.380 e. The Bertz CT molecular complexity index is 446. The summed E-state index contributed by atoms with van der Waals surface area (Å²) in [4.78, 5) is 0. The van der Waals surface area contributed by atoms with E-state index in [4.69, 9.17) is 0 Å². The van der Waals surface area contributed by atoms with E-state index in [9.17, 15) is 0 Å². The standard InChI is InChI=1S/C15H23N3/c1-10(2)18-9-14(8-16-18)17-11(3)15-7-12-4-5-13(15)6-12/h4-5,8-13,15,17H,6-7H2,1-3H3. The molecule has 4 unspecified atom stereocenters. The molecule has 3 heteroatoms. The molecule has 1 aromatic rings. The van der Waals surface area contributed by atoms with E-state index < -0.39 is 0 Å². The van der Waals surface area contributed by atoms with Crippen LogP contribution < -0.4 is 5.32 Å². The second kappa shape index (κ2) is 4.45. The zero-order chi connectivity index (χ0) is 12.7. The van der Waals surface area contributed by atoms with Gasteiger partial charge in [0.1, 0.15) is 0 Å². The Labute approximate surface area is 109 Å². The van der Waals surface area contributed by atoms with Crippen molar-refractivity contribution in [3.8, 4) is 0 Å². The highest BCUT2D eigenvalue weighted by molar-refractivity contribution is 5.39. The molecule has 98 valence electrons. The molecule has 2 aliphatic rings. The van der Waals surface area contributed by atoms with Crippen LogP contribution in [0.25, 0.3) is 0 Å². The number of rotatable bonds is 4. The van der Waals surface area contributed by atoms with E-state index in [1.54, 1.807) is 0 Å². The number of aromatic nitrogens is 2. The Morgan fingerprint density at radius 2 is 2.11 bits per heavy atom. The monoisotopic (exact) mass is 245 g/mol. The summed E-state index contributed by atoms with van der Waals surface area (Å²) in [6.07, 6.45) is 11.6. The fourth-order valence-electron chi connectivity index (χ4n) is 3.46. The van der Waals surface area contributed by atoms with Crippen LogP contribution in [0.15, 0.2) is 24.5 Å². The van der Waals surface area contributed by atoms with Crippen LogP contribution in [0.1, 0.15) is 39.7 Å². The average molecular weight is 245 g/mol. The van der Waals surface area contributed by atoms with Crippen LogP contribution >= 0.6 is 0 Å². The fourth-order valence-corrected chi connectivity index (χ4v) is 3.46. The molecule has 1 aromatic heterocycles. The Kier molecular flexibility index (Phi) is 2.92. The number of allylic oxidation sites excluding steroid dienone is 2. The van der Waals surface area contributed by atoms with Crippen LogP contribution in [-0.4, -0.2) is 15.8 Å². The Morgan fingerprint density at radius 3 is 2.67 bits per heavy atom. The Balaban J connectivity index is 1.63. The van der Waals surface area contributed by atoms with E-state index in [-0.39, 0.29) is 0 Å². The molecule has 0 spiro atoms. The van der Waals surface area contributed by atoms with Gasteiger partial charge in [-0.1, -0.05) is 12.2 Å². The molecule has 18 heavy (non-hydrogen) atoms. The van der Waals surface area contributed by atoms with Crippen molar-refractivity contribution in [2.45, 2.75) is 45.7 Å². The summed E-state index contributed by atoms with van der Waals surface area (Å²) in [6, 6.07) is 0.969. The second-order valence-electron chi connectivity index (χ2n) is 6.18. The summed E-state index contributed by atoms with van der Waals surface area (Å²) in [5.41, 5.74) is 1.16. The number of nitrogens with zero attached hydrogens (tertiary/aromatic N) is 2. The largest absolute Gasteiger partial charge is 0.380 e. The third kappa shape index (κ3) is 2.06. The Morgan fingerprint density at radius 1 is 1.28 bits per heavy atom. The maximum atomic E-state index is 4.38. The van der Waals surface area contributed by atoms with Crippen molar-refractivity contribution >= 4 is 5.69 Å². The van der Waals surface area contributed by atoms with Crippen molar-refractivity contribution < 1.29 is 0 Å². The topological polar surface area (TPSA) is 29.9 Å². The lowest BCUT2D eigenvalue weighted by Crippen LogP contribution is -2.28. The highest BCUT2D eigenvalue weighted by Gasteiger charge is 2.38. The highest BCUT2D eigenvalue weighted by Crippen LogP contribution is 2.45. The number of hydrogen-bond acceptors (Lipinski definition) is 2. The van der Waals surface area contributed by atoms with Crippen molar-refractivity contribution in [2.75, 3.05) is 5.32 Å². The predicted molar refractivity (Wildman–Crippen MR) is 74.5 cm³/mol. The van der Waals surface area contributed by atoms with Gasteiger partial charge in [-0.2, -0.15) is 5.10 Å². The van der Waals surface area contributed by atoms with Gasteiger partial charge in [0.2, 0.25) is 0 Å². The first-order valence-corrected chi connectivity index (χ1v) is 7.12. The zero-order valence-electron chi connectivity index (χ0n) is 11.5. The fraction of sp³-hybridized carbons (Fsp3) is 0.667. The summed E-state index contributed by atoms with van der Waals surface area (Å²) in [6.45, 7) is 6.62. The zero-order valence-corrected chi connectivity index (χ0v) is 11.5. The van der Waals surface area contributed by atoms with E-state index in [1.165, 1.54) is 12.8 Å². The molecule has 1 N–H and O–H groups in total. The van der Waals surface area contributed by atoms with Gasteiger partial charge in [0.25, 0.3) is 0 Å². The minimum absolute atomic E-state index is 0.432. The van der Waals surface area contributed by atoms with E-state index in [1.807, 2.05) is 10.9 Å². The molecule has 0 amide bonds. The smallest absolute Gasteiger partial charge is 0.0728 e. The molecule has 0 aromatic carbocycles. The molecule has 0 saturated heterocycles. The molecule has 0 aliphatic heterocycles. The summed E-state index contributed by atoms with van der Waals surface area (Å²) in [5.74, 6) is 2.45. The number of hydrogen-bond donors (Lipinski definition) is 1. The van der Waals surface area contributed by atoms with Crippen molar-refractivity contribution in [1.82, 2.24) is 9.78 Å². The molecule has 1 saturated carbocycles. The maximum Gasteiger partial charge on any atom is 0.0728 e. The van der Waals surface area contributed by atoms with Gasteiger partial charge in [-0.3, -0.25) is 4.68 Å². The first-order valence-electron chi connectivity index (χ1n) is 7.12. The number of nitrogens with one attached hydrogen (secondary N) is 1. The van der Waals surface area contributed by atoms with Crippen molar-refractivity contribution in [1.29, 1.82) is 0 Å². The van der Waals surface area contributed by atoms with Gasteiger partial charge >= 0.3 is 0 Å². The van der Waals surface area contributed by atoms with Crippen LogP contribution in [0.2, 0.25) is 0 Å².